The molecular weight excluding hydrogens is 1870 g/mol. The second kappa shape index (κ2) is 52.3. The molecule has 14 rings (SSSR count). The van der Waals surface area contributed by atoms with Crippen LogP contribution >= 0.6 is 0 Å². The van der Waals surface area contributed by atoms with Crippen molar-refractivity contribution in [3.05, 3.63) is 281 Å². The van der Waals surface area contributed by atoms with Gasteiger partial charge in [0, 0.05) is 100 Å². The largest absolute Gasteiger partial charge is 0.481 e. The number of nitro benzene ring substituents is 2. The van der Waals surface area contributed by atoms with Crippen molar-refractivity contribution in [1.29, 1.82) is 10.5 Å². The van der Waals surface area contributed by atoms with Crippen LogP contribution in [0.4, 0.5) is 25.8 Å². The number of pyridine rings is 1. The summed E-state index contributed by atoms with van der Waals surface area (Å²) < 4.78 is 83.3. The number of rotatable bonds is 8. The van der Waals surface area contributed by atoms with E-state index in [4.69, 9.17) is 33.7 Å². The van der Waals surface area contributed by atoms with Crippen LogP contribution in [0, 0.1) is 54.5 Å². The Morgan fingerprint density at radius 2 is 0.877 bits per heavy atom. The number of benzene rings is 7. The summed E-state index contributed by atoms with van der Waals surface area (Å²) in [5.41, 5.74) is 12.9. The lowest BCUT2D eigenvalue weighted by atomic mass is 9.80. The van der Waals surface area contributed by atoms with Crippen LogP contribution in [-0.4, -0.2) is 174 Å². The first-order valence-electron chi connectivity index (χ1n) is 49.2. The molecule has 28 nitrogen and oxygen atoms in total. The van der Waals surface area contributed by atoms with Gasteiger partial charge in [-0.3, -0.25) is 29.8 Å². The van der Waals surface area contributed by atoms with E-state index < -0.39 is 31.8 Å². The number of aromatic nitrogens is 7. The van der Waals surface area contributed by atoms with E-state index in [0.717, 1.165) is 94.6 Å². The highest BCUT2D eigenvalue weighted by Crippen LogP contribution is 2.39. The molecule has 4 aliphatic heterocycles. The van der Waals surface area contributed by atoms with E-state index in [1.54, 1.807) is 78.7 Å². The molecule has 7 aromatic carbocycles. The minimum Gasteiger partial charge on any atom is -0.481 e. The number of fused-ring (bicyclic) bond motifs is 1. The van der Waals surface area contributed by atoms with Crippen LogP contribution in [0.1, 0.15) is 309 Å². The number of carbonyl (C=O) groups is 2. The zero-order valence-corrected chi connectivity index (χ0v) is 94.3. The second-order valence-electron chi connectivity index (χ2n) is 47.2. The molecule has 0 saturated carbocycles. The van der Waals surface area contributed by atoms with Crippen LogP contribution in [-0.2, 0) is 97.7 Å². The first-order chi connectivity index (χ1) is 67.1. The van der Waals surface area contributed by atoms with E-state index in [-0.39, 0.29) is 98.3 Å². The fourth-order valence-corrected chi connectivity index (χ4v) is 14.8. The highest BCUT2D eigenvalue weighted by Gasteiger charge is 2.32. The Morgan fingerprint density at radius 1 is 0.452 bits per heavy atom. The van der Waals surface area contributed by atoms with E-state index in [2.05, 4.69) is 230 Å². The van der Waals surface area contributed by atoms with Gasteiger partial charge in [-0.15, -0.1) is 10.2 Å². The Balaban J connectivity index is 0.000000288. The van der Waals surface area contributed by atoms with Crippen molar-refractivity contribution in [3.8, 4) is 29.5 Å². The second-order valence-corrected chi connectivity index (χ2v) is 49.1. The number of amides is 2. The quantitative estimate of drug-likeness (QED) is 0.101. The summed E-state index contributed by atoms with van der Waals surface area (Å²) in [5.74, 6) is 1.51. The average molecular weight is 2030 g/mol. The number of tetrazole rings is 1. The number of imidazole rings is 1. The number of hydrogen-bond donors (Lipinski definition) is 0. The van der Waals surface area contributed by atoms with Crippen LogP contribution in [0.2, 0.25) is 0 Å². The Bertz CT molecular complexity index is 6100. The van der Waals surface area contributed by atoms with Gasteiger partial charge < -0.3 is 47.7 Å². The molecule has 0 aliphatic carbocycles. The Hall–Kier alpha value is -12.4. The number of nitriles is 2. The number of halogens is 2. The van der Waals surface area contributed by atoms with Gasteiger partial charge >= 0.3 is 0 Å². The predicted octanol–water partition coefficient (Wildman–Crippen LogP) is 24.2. The molecule has 796 valence electrons. The molecule has 3 aromatic heterocycles. The summed E-state index contributed by atoms with van der Waals surface area (Å²) in [6, 6.07) is 50.0. The monoisotopic (exact) mass is 2030 g/mol. The normalized spacial score (nSPS) is 13.9. The zero-order valence-electron chi connectivity index (χ0n) is 93.5. The molecule has 146 heavy (non-hydrogen) atoms. The minimum atomic E-state index is -3.49. The van der Waals surface area contributed by atoms with E-state index in [0.29, 0.717) is 65.3 Å². The maximum Gasteiger partial charge on any atom is 0.282 e. The van der Waals surface area contributed by atoms with E-state index in [1.807, 2.05) is 137 Å². The highest BCUT2D eigenvalue weighted by molar-refractivity contribution is 7.90. The number of non-ortho nitro benzene ring substituents is 1. The average Bonchev–Trinajstić information content (AvgIpc) is 0.886. The number of nitro groups is 2. The first-order valence-corrected chi connectivity index (χ1v) is 51.1. The number of nitrogens with zero attached hydrogens (tertiary/aromatic N) is 14. The van der Waals surface area contributed by atoms with Gasteiger partial charge in [-0.1, -0.05) is 274 Å². The third-order valence-corrected chi connectivity index (χ3v) is 25.0. The topological polar surface area (TPSA) is 342 Å². The van der Waals surface area contributed by atoms with Crippen LogP contribution < -0.4 is 19.1 Å². The number of ether oxygens (including phenoxy) is 6. The zero-order chi connectivity index (χ0) is 111. The van der Waals surface area contributed by atoms with Gasteiger partial charge in [-0.25, -0.2) is 27.2 Å². The van der Waals surface area contributed by atoms with Crippen molar-refractivity contribution < 1.29 is 65.1 Å². The molecule has 0 radical (unpaired) electrons. The van der Waals surface area contributed by atoms with Gasteiger partial charge in [0.15, 0.2) is 27.2 Å². The van der Waals surface area contributed by atoms with Crippen LogP contribution in [0.15, 0.2) is 175 Å². The molecule has 7 heterocycles. The lowest BCUT2D eigenvalue weighted by Gasteiger charge is -2.30. The van der Waals surface area contributed by atoms with Crippen molar-refractivity contribution in [1.82, 2.24) is 44.5 Å². The summed E-state index contributed by atoms with van der Waals surface area (Å²) in [6.45, 7) is 74.3. The van der Waals surface area contributed by atoms with E-state index >= 15 is 0 Å². The number of methoxy groups -OCH3 is 1. The molecule has 0 atom stereocenters. The number of morpholine rings is 3. The fraction of sp³-hybridized carbons (Fsp3) is 0.522. The van der Waals surface area contributed by atoms with Gasteiger partial charge in [-0.05, 0) is 173 Å². The molecule has 0 bridgehead atoms. The smallest absolute Gasteiger partial charge is 0.282 e. The fourth-order valence-electron chi connectivity index (χ4n) is 14.0. The van der Waals surface area contributed by atoms with Crippen LogP contribution in [0.5, 0.6) is 17.4 Å². The molecule has 2 amide bonds. The number of hydrogen-bond acceptors (Lipinski definition) is 22. The third kappa shape index (κ3) is 39.7. The van der Waals surface area contributed by atoms with Crippen molar-refractivity contribution in [2.45, 2.75) is 286 Å². The van der Waals surface area contributed by atoms with Gasteiger partial charge in [0.05, 0.1) is 104 Å². The third-order valence-electron chi connectivity index (χ3n) is 23.9. The molecule has 4 aliphatic rings. The van der Waals surface area contributed by atoms with Crippen molar-refractivity contribution in [3.63, 3.8) is 0 Å². The van der Waals surface area contributed by atoms with Gasteiger partial charge in [0.1, 0.15) is 28.2 Å². The molecule has 0 spiro atoms. The molecule has 0 unspecified atom stereocenters. The van der Waals surface area contributed by atoms with Crippen molar-refractivity contribution in [2.75, 3.05) is 104 Å². The summed E-state index contributed by atoms with van der Waals surface area (Å²) >= 11 is 0. The number of anilines is 1. The number of aryl methyl sites for hydroxylation is 2. The maximum absolute atomic E-state index is 14.1. The van der Waals surface area contributed by atoms with Crippen LogP contribution in [0.3, 0.4) is 0 Å². The number of carbonyl (C=O) groups excluding carboxylic acids is 2. The Labute approximate surface area is 868 Å². The summed E-state index contributed by atoms with van der Waals surface area (Å²) in [5, 5.41) is 51.8. The molecule has 10 aromatic rings. The predicted molar refractivity (Wildman–Crippen MR) is 577 cm³/mol. The highest BCUT2D eigenvalue weighted by atomic mass is 32.2. The van der Waals surface area contributed by atoms with Crippen molar-refractivity contribution in [2.24, 2.45) is 14.1 Å². The summed E-state index contributed by atoms with van der Waals surface area (Å²) in [7, 11) is 1.90. The molecule has 3 saturated heterocycles. The number of sulfone groups is 1. The van der Waals surface area contributed by atoms with Gasteiger partial charge in [0.25, 0.3) is 23.2 Å². The maximum atomic E-state index is 14.1. The Morgan fingerprint density at radius 3 is 1.29 bits per heavy atom. The van der Waals surface area contributed by atoms with Crippen LogP contribution in [0.25, 0.3) is 0 Å². The summed E-state index contributed by atoms with van der Waals surface area (Å²) in [4.78, 5) is 60.5. The molecular formula is C115H162F2N14O14S. The van der Waals surface area contributed by atoms with Gasteiger partial charge in [0.2, 0.25) is 12.7 Å². The molecule has 0 N–H and O–H groups in total. The standard InChI is InChI=1S/C15H20FNO2.C15H20N2O4.C15H20N2O.C14H19N.C11H15FO2S.C11H14O2.C10H13NO2.C10H15NO.C8H14N2.C6H12N4/c1-15(2,3)11-4-5-12(13(16)10-11)14(18)17-6-8-19-9-7-17;1-15(2,3)11-4-5-12(13(10-11)17(19)20)14(18)16-6-8-21-9-7-16;1-15(2,3)13-4-5-14(12(10-13)11-16)17-6-8-18-9-7-17;1-13(2,3)11-7-6-8-12(9-11)14(4,5)10-15;1-11(2,3)8-5-6-9(12)10(7-8)15(4,13)14;1-11(2,3)8-4-5-9-10(6-8)13-7-12-9;1-10(2,3)8-4-6-9(7-5-8)11(12)13;1-10(2,3)8-5-6-11-9(7-8)12-4;1-8(2,3)7-5-10(4)6-9-7;1-6(2,3)5-7-9-10(4)8-5/h4-5,10H,6-9H2,1-3H3;4-5,10H,6-9H2,1-3H3;4-5,10H,6-9H2,1-3H3;6-9H,1-5H3;5-7H,1-4H3;4-6H,7H2,1-3H3;4-7H,1-3H3;5-7H,1-4H3;5-6H,1-4H3;1-4H3. The molecule has 31 heteroatoms. The van der Waals surface area contributed by atoms with E-state index in [1.165, 1.54) is 51.3 Å². The van der Waals surface area contributed by atoms with E-state index in [9.17, 15) is 52.3 Å². The Kier molecular flexibility index (Phi) is 44.4. The lowest BCUT2D eigenvalue weighted by molar-refractivity contribution is -0.385. The summed E-state index contributed by atoms with van der Waals surface area (Å²) in [6.07, 6.45) is 6.68. The van der Waals surface area contributed by atoms with Crippen molar-refractivity contribution >= 4 is 38.7 Å². The lowest BCUT2D eigenvalue weighted by Crippen LogP contribution is -2.41. The first kappa shape index (κ1) is 124. The molecule has 3 fully saturated rings. The minimum absolute atomic E-state index is 0.00819. The van der Waals surface area contributed by atoms with Gasteiger partial charge in [-0.2, -0.15) is 15.3 Å². The SMILES string of the molecule is CC(C)(C)c1ccc(C(=O)N2CCOCC2)c(F)c1.CC(C)(C)c1ccc(C(=O)N2CCOCC2)c([N+](=O)[O-])c1.CC(C)(C)c1ccc(F)c(S(C)(=O)=O)c1.CC(C)(C)c1ccc(N2CCOCC2)c(C#N)c1.CC(C)(C)c1ccc([N+](=O)[O-])cc1.CC(C)(C)c1ccc2c(c1)OCO2.CC(C)(C)c1cccc(C(C)(C)C#N)c1.COc1cc(C(C)(C)C)ccn1.Cn1cnc(C(C)(C)C)c1.Cn1nnc(C(C)(C)C)n1.